The van der Waals surface area contributed by atoms with Crippen LogP contribution >= 0.6 is 0 Å². The summed E-state index contributed by atoms with van der Waals surface area (Å²) in [6.07, 6.45) is 1.90. The number of non-ortho nitro benzene ring substituents is 1. The van der Waals surface area contributed by atoms with Gasteiger partial charge in [0, 0.05) is 37.7 Å². The molecule has 0 radical (unpaired) electrons. The average Bonchev–Trinajstić information content (AvgIpc) is 2.36. The molecule has 2 unspecified atom stereocenters. The Bertz CT molecular complexity index is 482. The van der Waals surface area contributed by atoms with Gasteiger partial charge in [0.15, 0.2) is 0 Å². The maximum atomic E-state index is 10.9. The summed E-state index contributed by atoms with van der Waals surface area (Å²) in [5.41, 5.74) is 0.697. The lowest BCUT2D eigenvalue weighted by molar-refractivity contribution is -0.384. The van der Waals surface area contributed by atoms with E-state index in [-0.39, 0.29) is 24.0 Å². The van der Waals surface area contributed by atoms with Gasteiger partial charge in [0.05, 0.1) is 23.2 Å². The van der Waals surface area contributed by atoms with Crippen molar-refractivity contribution in [2.45, 2.75) is 45.0 Å². The third kappa shape index (κ3) is 3.60. The van der Waals surface area contributed by atoms with E-state index >= 15 is 0 Å². The standard InChI is InChI=1S/C14H20N2O4/c1-9-4-13(5-10(2)19-9)20-14-7-11(15-3)6-12(8-14)16(17)18/h6-10,13,15H,4-5H2,1-3H3. The molecule has 6 nitrogen and oxygen atoms in total. The smallest absolute Gasteiger partial charge is 0.275 e. The van der Waals surface area contributed by atoms with Gasteiger partial charge in [-0.15, -0.1) is 0 Å². The van der Waals surface area contributed by atoms with Gasteiger partial charge in [-0.05, 0) is 13.8 Å². The van der Waals surface area contributed by atoms with Gasteiger partial charge in [0.25, 0.3) is 5.69 Å². The first-order valence-corrected chi connectivity index (χ1v) is 6.77. The molecule has 0 aliphatic carbocycles. The SMILES string of the molecule is CNc1cc(OC2CC(C)OC(C)C2)cc([N+](=O)[O-])c1. The minimum atomic E-state index is -0.414. The van der Waals surface area contributed by atoms with Crippen molar-refractivity contribution < 1.29 is 14.4 Å². The molecule has 2 atom stereocenters. The number of nitro benzene ring substituents is 1. The number of ether oxygens (including phenoxy) is 2. The molecule has 20 heavy (non-hydrogen) atoms. The Balaban J connectivity index is 2.15. The average molecular weight is 280 g/mol. The normalized spacial score (nSPS) is 26.1. The van der Waals surface area contributed by atoms with Crippen molar-refractivity contribution in [3.8, 4) is 5.75 Å². The van der Waals surface area contributed by atoms with Crippen LogP contribution in [0.3, 0.4) is 0 Å². The highest BCUT2D eigenvalue weighted by Crippen LogP contribution is 2.29. The molecule has 1 saturated heterocycles. The second-order valence-electron chi connectivity index (χ2n) is 5.19. The van der Waals surface area contributed by atoms with Crippen LogP contribution < -0.4 is 10.1 Å². The van der Waals surface area contributed by atoms with Crippen molar-refractivity contribution >= 4 is 11.4 Å². The lowest BCUT2D eigenvalue weighted by Crippen LogP contribution is -2.35. The highest BCUT2D eigenvalue weighted by molar-refractivity contribution is 5.56. The molecule has 1 fully saturated rings. The fourth-order valence-electron chi connectivity index (χ4n) is 2.53. The van der Waals surface area contributed by atoms with E-state index in [1.165, 1.54) is 12.1 Å². The predicted molar refractivity (Wildman–Crippen MR) is 76.3 cm³/mol. The summed E-state index contributed by atoms with van der Waals surface area (Å²) in [7, 11) is 1.72. The second-order valence-corrected chi connectivity index (χ2v) is 5.19. The molecular weight excluding hydrogens is 260 g/mol. The van der Waals surface area contributed by atoms with Gasteiger partial charge < -0.3 is 14.8 Å². The zero-order chi connectivity index (χ0) is 14.7. The monoisotopic (exact) mass is 280 g/mol. The van der Waals surface area contributed by atoms with Crippen LogP contribution in [0, 0.1) is 10.1 Å². The van der Waals surface area contributed by atoms with Crippen LogP contribution in [0.25, 0.3) is 0 Å². The molecular formula is C14H20N2O4. The number of nitrogens with one attached hydrogen (secondary N) is 1. The van der Waals surface area contributed by atoms with Gasteiger partial charge in [-0.25, -0.2) is 0 Å². The number of hydrogen-bond acceptors (Lipinski definition) is 5. The molecule has 0 aromatic heterocycles. The van der Waals surface area contributed by atoms with Gasteiger partial charge >= 0.3 is 0 Å². The van der Waals surface area contributed by atoms with Gasteiger partial charge in [0.1, 0.15) is 11.9 Å². The Morgan fingerprint density at radius 3 is 2.50 bits per heavy atom. The van der Waals surface area contributed by atoms with Crippen molar-refractivity contribution in [3.63, 3.8) is 0 Å². The summed E-state index contributed by atoms with van der Waals surface area (Å²) in [4.78, 5) is 10.5. The Morgan fingerprint density at radius 2 is 1.95 bits per heavy atom. The quantitative estimate of drug-likeness (QED) is 0.678. The Kier molecular flexibility index (Phi) is 4.44. The molecule has 1 heterocycles. The molecule has 6 heteroatoms. The maximum Gasteiger partial charge on any atom is 0.275 e. The molecule has 0 spiro atoms. The summed E-state index contributed by atoms with van der Waals surface area (Å²) < 4.78 is 11.6. The predicted octanol–water partition coefficient (Wildman–Crippen LogP) is 2.97. The number of rotatable bonds is 4. The molecule has 2 rings (SSSR count). The number of nitro groups is 1. The van der Waals surface area contributed by atoms with Gasteiger partial charge in [-0.1, -0.05) is 0 Å². The second kappa shape index (κ2) is 6.09. The first kappa shape index (κ1) is 14.6. The van der Waals surface area contributed by atoms with E-state index in [0.717, 1.165) is 12.8 Å². The summed E-state index contributed by atoms with van der Waals surface area (Å²) in [6, 6.07) is 4.73. The Morgan fingerprint density at radius 1 is 1.30 bits per heavy atom. The van der Waals surface area contributed by atoms with Crippen molar-refractivity contribution in [3.05, 3.63) is 28.3 Å². The van der Waals surface area contributed by atoms with E-state index in [1.54, 1.807) is 13.1 Å². The first-order chi connectivity index (χ1) is 9.47. The van der Waals surface area contributed by atoms with Crippen molar-refractivity contribution in [2.75, 3.05) is 12.4 Å². The molecule has 1 N–H and O–H groups in total. The van der Waals surface area contributed by atoms with Crippen LogP contribution in [-0.2, 0) is 4.74 Å². The third-order valence-electron chi connectivity index (χ3n) is 3.35. The summed E-state index contributed by atoms with van der Waals surface area (Å²) in [6.45, 7) is 4.02. The lowest BCUT2D eigenvalue weighted by atomic mass is 10.0. The van der Waals surface area contributed by atoms with Crippen LogP contribution in [0.4, 0.5) is 11.4 Å². The van der Waals surface area contributed by atoms with Crippen LogP contribution in [-0.4, -0.2) is 30.3 Å². The Hall–Kier alpha value is -1.82. The topological polar surface area (TPSA) is 73.6 Å². The highest BCUT2D eigenvalue weighted by atomic mass is 16.6. The molecule has 0 saturated carbocycles. The van der Waals surface area contributed by atoms with Gasteiger partial charge in [-0.3, -0.25) is 10.1 Å². The number of anilines is 1. The van der Waals surface area contributed by atoms with Crippen LogP contribution in [0.1, 0.15) is 26.7 Å². The van der Waals surface area contributed by atoms with E-state index in [0.29, 0.717) is 11.4 Å². The summed E-state index contributed by atoms with van der Waals surface area (Å²) in [5, 5.41) is 13.8. The molecule has 1 aromatic rings. The van der Waals surface area contributed by atoms with E-state index in [1.807, 2.05) is 13.8 Å². The molecule has 1 aliphatic heterocycles. The molecule has 0 amide bonds. The largest absolute Gasteiger partial charge is 0.490 e. The molecule has 1 aromatic carbocycles. The third-order valence-corrected chi connectivity index (χ3v) is 3.35. The zero-order valence-corrected chi connectivity index (χ0v) is 12.0. The zero-order valence-electron chi connectivity index (χ0n) is 12.0. The number of hydrogen-bond donors (Lipinski definition) is 1. The van der Waals surface area contributed by atoms with E-state index < -0.39 is 4.92 Å². The van der Waals surface area contributed by atoms with Crippen molar-refractivity contribution in [2.24, 2.45) is 0 Å². The van der Waals surface area contributed by atoms with Gasteiger partial charge in [-0.2, -0.15) is 0 Å². The fourth-order valence-corrected chi connectivity index (χ4v) is 2.53. The van der Waals surface area contributed by atoms with Gasteiger partial charge in [0.2, 0.25) is 0 Å². The summed E-state index contributed by atoms with van der Waals surface area (Å²) in [5.74, 6) is 0.523. The van der Waals surface area contributed by atoms with Crippen LogP contribution in [0.15, 0.2) is 18.2 Å². The molecule has 110 valence electrons. The van der Waals surface area contributed by atoms with Crippen molar-refractivity contribution in [1.82, 2.24) is 0 Å². The Labute approximate surface area is 118 Å². The maximum absolute atomic E-state index is 10.9. The number of benzene rings is 1. The van der Waals surface area contributed by atoms with Crippen LogP contribution in [0.2, 0.25) is 0 Å². The van der Waals surface area contributed by atoms with Crippen LogP contribution in [0.5, 0.6) is 5.75 Å². The summed E-state index contributed by atoms with van der Waals surface area (Å²) >= 11 is 0. The molecule has 1 aliphatic rings. The number of nitrogens with zero attached hydrogens (tertiary/aromatic N) is 1. The minimum Gasteiger partial charge on any atom is -0.490 e. The van der Waals surface area contributed by atoms with E-state index in [9.17, 15) is 10.1 Å². The minimum absolute atomic E-state index is 0.0278. The van der Waals surface area contributed by atoms with E-state index in [4.69, 9.17) is 9.47 Å². The first-order valence-electron chi connectivity index (χ1n) is 6.77. The fraction of sp³-hybridized carbons (Fsp3) is 0.571. The van der Waals surface area contributed by atoms with Crippen molar-refractivity contribution in [1.29, 1.82) is 0 Å². The highest BCUT2D eigenvalue weighted by Gasteiger charge is 2.26. The lowest BCUT2D eigenvalue weighted by Gasteiger charge is -2.32. The molecule has 0 bridgehead atoms. The van der Waals surface area contributed by atoms with E-state index in [2.05, 4.69) is 5.32 Å².